The van der Waals surface area contributed by atoms with Crippen molar-refractivity contribution in [2.45, 2.75) is 46.6 Å². The number of aromatic nitrogens is 2. The van der Waals surface area contributed by atoms with Crippen LogP contribution in [-0.2, 0) is 0 Å². The molecule has 0 bridgehead atoms. The predicted molar refractivity (Wildman–Crippen MR) is 89.2 cm³/mol. The number of fused-ring (bicyclic) bond motifs is 1. The van der Waals surface area contributed by atoms with Gasteiger partial charge in [0.05, 0.1) is 11.0 Å². The lowest BCUT2D eigenvalue weighted by molar-refractivity contribution is 0.0697. The summed E-state index contributed by atoms with van der Waals surface area (Å²) in [5.74, 6) is 1.88. The number of aryl methyl sites for hydroxylation is 1. The number of hydrogen-bond acceptors (Lipinski definition) is 2. The molecule has 3 rings (SSSR count). The molecule has 1 saturated heterocycles. The summed E-state index contributed by atoms with van der Waals surface area (Å²) >= 11 is 0. The average Bonchev–Trinajstić information content (AvgIpc) is 2.82. The van der Waals surface area contributed by atoms with Crippen LogP contribution in [0.2, 0.25) is 0 Å². The van der Waals surface area contributed by atoms with Gasteiger partial charge in [-0.25, -0.2) is 4.98 Å². The lowest BCUT2D eigenvalue weighted by Gasteiger charge is -2.30. The number of amides is 1. The van der Waals surface area contributed by atoms with Crippen molar-refractivity contribution in [1.29, 1.82) is 0 Å². The summed E-state index contributed by atoms with van der Waals surface area (Å²) in [4.78, 5) is 19.3. The Morgan fingerprint density at radius 2 is 1.95 bits per heavy atom. The van der Waals surface area contributed by atoms with Crippen LogP contribution in [0.5, 0.6) is 0 Å². The highest BCUT2D eigenvalue weighted by Crippen LogP contribution is 2.23. The highest BCUT2D eigenvalue weighted by Gasteiger charge is 2.22. The van der Waals surface area contributed by atoms with E-state index >= 15 is 0 Å². The van der Waals surface area contributed by atoms with E-state index in [4.69, 9.17) is 0 Å². The standard InChI is InChI=1S/C18H25N3O/c1-12(2)21-14(4)19-16-11-15(5-6-17(16)21)18(22)20-9-7-13(3)8-10-20/h5-6,11-13H,7-10H2,1-4H3. The second kappa shape index (κ2) is 5.75. The zero-order valence-corrected chi connectivity index (χ0v) is 14.0. The maximum atomic E-state index is 12.7. The highest BCUT2D eigenvalue weighted by molar-refractivity contribution is 5.97. The smallest absolute Gasteiger partial charge is 0.253 e. The molecule has 2 aromatic rings. The van der Waals surface area contributed by atoms with Crippen molar-refractivity contribution in [2.24, 2.45) is 5.92 Å². The van der Waals surface area contributed by atoms with Gasteiger partial charge in [0, 0.05) is 24.7 Å². The Morgan fingerprint density at radius 1 is 1.27 bits per heavy atom. The number of imidazole rings is 1. The van der Waals surface area contributed by atoms with Gasteiger partial charge in [-0.3, -0.25) is 4.79 Å². The van der Waals surface area contributed by atoms with Crippen LogP contribution in [0.1, 0.15) is 55.8 Å². The lowest BCUT2D eigenvalue weighted by Crippen LogP contribution is -2.37. The van der Waals surface area contributed by atoms with Crippen LogP contribution in [0.3, 0.4) is 0 Å². The van der Waals surface area contributed by atoms with Gasteiger partial charge in [0.15, 0.2) is 0 Å². The molecule has 0 aliphatic carbocycles. The zero-order chi connectivity index (χ0) is 15.9. The van der Waals surface area contributed by atoms with Crippen LogP contribution in [0.4, 0.5) is 0 Å². The third-order valence-electron chi connectivity index (χ3n) is 4.70. The van der Waals surface area contributed by atoms with E-state index in [0.29, 0.717) is 6.04 Å². The van der Waals surface area contributed by atoms with Gasteiger partial charge in [0.2, 0.25) is 0 Å². The summed E-state index contributed by atoms with van der Waals surface area (Å²) in [6, 6.07) is 6.30. The van der Waals surface area contributed by atoms with Gasteiger partial charge in [-0.15, -0.1) is 0 Å². The molecule has 118 valence electrons. The minimum Gasteiger partial charge on any atom is -0.339 e. The molecule has 0 spiro atoms. The first-order valence-corrected chi connectivity index (χ1v) is 8.25. The van der Waals surface area contributed by atoms with E-state index in [-0.39, 0.29) is 5.91 Å². The molecule has 1 fully saturated rings. The van der Waals surface area contributed by atoms with Gasteiger partial charge in [0.25, 0.3) is 5.91 Å². The molecule has 4 heteroatoms. The van der Waals surface area contributed by atoms with Crippen LogP contribution in [-0.4, -0.2) is 33.4 Å². The van der Waals surface area contributed by atoms with E-state index in [1.807, 2.05) is 30.0 Å². The average molecular weight is 299 g/mol. The van der Waals surface area contributed by atoms with E-state index in [9.17, 15) is 4.79 Å². The van der Waals surface area contributed by atoms with Crippen LogP contribution >= 0.6 is 0 Å². The summed E-state index contributed by atoms with van der Waals surface area (Å²) in [6.07, 6.45) is 2.21. The summed E-state index contributed by atoms with van der Waals surface area (Å²) < 4.78 is 2.21. The van der Waals surface area contributed by atoms with E-state index in [1.54, 1.807) is 0 Å². The number of benzene rings is 1. The molecule has 22 heavy (non-hydrogen) atoms. The molecule has 0 radical (unpaired) electrons. The van der Waals surface area contributed by atoms with Crippen LogP contribution < -0.4 is 0 Å². The fraction of sp³-hybridized carbons (Fsp3) is 0.556. The minimum absolute atomic E-state index is 0.144. The normalized spacial score (nSPS) is 16.7. The van der Waals surface area contributed by atoms with E-state index in [1.165, 1.54) is 0 Å². The van der Waals surface area contributed by atoms with Gasteiger partial charge < -0.3 is 9.47 Å². The topological polar surface area (TPSA) is 38.1 Å². The first-order valence-electron chi connectivity index (χ1n) is 8.25. The first-order chi connectivity index (χ1) is 10.5. The SMILES string of the molecule is Cc1nc2cc(C(=O)N3CCC(C)CC3)ccc2n1C(C)C. The number of hydrogen-bond donors (Lipinski definition) is 0. The van der Waals surface area contributed by atoms with Crippen LogP contribution in [0, 0.1) is 12.8 Å². The number of piperidine rings is 1. The van der Waals surface area contributed by atoms with E-state index in [0.717, 1.165) is 54.3 Å². The van der Waals surface area contributed by atoms with Crippen molar-refractivity contribution < 1.29 is 4.79 Å². The predicted octanol–water partition coefficient (Wildman–Crippen LogP) is 3.80. The Hall–Kier alpha value is -1.84. The van der Waals surface area contributed by atoms with Gasteiger partial charge in [-0.2, -0.15) is 0 Å². The Labute approximate surface area is 132 Å². The van der Waals surface area contributed by atoms with Crippen molar-refractivity contribution in [3.8, 4) is 0 Å². The lowest BCUT2D eigenvalue weighted by atomic mass is 9.98. The van der Waals surface area contributed by atoms with Crippen molar-refractivity contribution in [2.75, 3.05) is 13.1 Å². The van der Waals surface area contributed by atoms with Gasteiger partial charge in [-0.1, -0.05) is 6.92 Å². The Bertz CT molecular complexity index is 694. The molecule has 0 atom stereocenters. The zero-order valence-electron chi connectivity index (χ0n) is 14.0. The number of nitrogens with zero attached hydrogens (tertiary/aromatic N) is 3. The third-order valence-corrected chi connectivity index (χ3v) is 4.70. The Balaban J connectivity index is 1.90. The molecule has 1 aromatic carbocycles. The maximum absolute atomic E-state index is 12.7. The third kappa shape index (κ3) is 2.62. The molecule has 1 aliphatic heterocycles. The second-order valence-corrected chi connectivity index (χ2v) is 6.80. The molecular weight excluding hydrogens is 274 g/mol. The van der Waals surface area contributed by atoms with Crippen molar-refractivity contribution >= 4 is 16.9 Å². The molecule has 1 aromatic heterocycles. The molecule has 2 heterocycles. The number of carbonyl (C=O) groups is 1. The summed E-state index contributed by atoms with van der Waals surface area (Å²) in [6.45, 7) is 10.3. The molecule has 0 N–H and O–H groups in total. The fourth-order valence-electron chi connectivity index (χ4n) is 3.40. The monoisotopic (exact) mass is 299 g/mol. The second-order valence-electron chi connectivity index (χ2n) is 6.80. The van der Waals surface area contributed by atoms with Gasteiger partial charge in [-0.05, 0) is 57.7 Å². The van der Waals surface area contributed by atoms with Crippen molar-refractivity contribution in [1.82, 2.24) is 14.5 Å². The summed E-state index contributed by atoms with van der Waals surface area (Å²) in [5.41, 5.74) is 2.79. The molecule has 1 aliphatic rings. The molecular formula is C18H25N3O. The maximum Gasteiger partial charge on any atom is 0.253 e. The quantitative estimate of drug-likeness (QED) is 0.846. The Kier molecular flexibility index (Phi) is 3.94. The van der Waals surface area contributed by atoms with E-state index < -0.39 is 0 Å². The highest BCUT2D eigenvalue weighted by atomic mass is 16.2. The first kappa shape index (κ1) is 15.1. The van der Waals surface area contributed by atoms with Gasteiger partial charge in [0.1, 0.15) is 5.82 Å². The Morgan fingerprint density at radius 3 is 2.59 bits per heavy atom. The van der Waals surface area contributed by atoms with E-state index in [2.05, 4.69) is 30.3 Å². The molecule has 0 unspecified atom stereocenters. The fourth-order valence-corrected chi connectivity index (χ4v) is 3.40. The molecule has 1 amide bonds. The number of carbonyl (C=O) groups excluding carboxylic acids is 1. The van der Waals surface area contributed by atoms with Gasteiger partial charge >= 0.3 is 0 Å². The number of rotatable bonds is 2. The van der Waals surface area contributed by atoms with Crippen LogP contribution in [0.25, 0.3) is 11.0 Å². The van der Waals surface area contributed by atoms with Crippen molar-refractivity contribution in [3.63, 3.8) is 0 Å². The minimum atomic E-state index is 0.144. The largest absolute Gasteiger partial charge is 0.339 e. The molecule has 0 saturated carbocycles. The summed E-state index contributed by atoms with van der Waals surface area (Å²) in [5, 5.41) is 0. The summed E-state index contributed by atoms with van der Waals surface area (Å²) in [7, 11) is 0. The van der Waals surface area contributed by atoms with Crippen LogP contribution in [0.15, 0.2) is 18.2 Å². The number of likely N-dealkylation sites (tertiary alicyclic amines) is 1. The molecule has 4 nitrogen and oxygen atoms in total. The van der Waals surface area contributed by atoms with Crippen molar-refractivity contribution in [3.05, 3.63) is 29.6 Å².